The second-order valence-electron chi connectivity index (χ2n) is 4.78. The van der Waals surface area contributed by atoms with Crippen molar-refractivity contribution in [2.24, 2.45) is 5.92 Å². The van der Waals surface area contributed by atoms with Gasteiger partial charge >= 0.3 is 0 Å². The number of likely N-dealkylation sites (tertiary alicyclic amines) is 1. The third kappa shape index (κ3) is 2.79. The SMILES string of the molecule is CCN1CCC(C(C)Nn2cccc2)CC1. The van der Waals surface area contributed by atoms with Crippen molar-refractivity contribution in [1.82, 2.24) is 9.58 Å². The first kappa shape index (κ1) is 11.5. The molecule has 1 aromatic rings. The molecule has 0 amide bonds. The highest BCUT2D eigenvalue weighted by molar-refractivity contribution is 4.96. The van der Waals surface area contributed by atoms with E-state index >= 15 is 0 Å². The Kier molecular flexibility index (Phi) is 3.88. The van der Waals surface area contributed by atoms with Crippen LogP contribution in [-0.2, 0) is 0 Å². The Labute approximate surface area is 98.4 Å². The minimum Gasteiger partial charge on any atom is -0.323 e. The lowest BCUT2D eigenvalue weighted by Crippen LogP contribution is -2.40. The summed E-state index contributed by atoms with van der Waals surface area (Å²) in [5.74, 6) is 0.810. The predicted molar refractivity (Wildman–Crippen MR) is 68.1 cm³/mol. The summed E-state index contributed by atoms with van der Waals surface area (Å²) in [5.41, 5.74) is 3.52. The van der Waals surface area contributed by atoms with Gasteiger partial charge in [0, 0.05) is 18.4 Å². The molecule has 1 aliphatic heterocycles. The Morgan fingerprint density at radius 3 is 2.44 bits per heavy atom. The van der Waals surface area contributed by atoms with E-state index in [0.29, 0.717) is 6.04 Å². The molecule has 0 aliphatic carbocycles. The zero-order valence-corrected chi connectivity index (χ0v) is 10.4. The molecule has 16 heavy (non-hydrogen) atoms. The molecule has 3 heteroatoms. The third-order valence-corrected chi connectivity index (χ3v) is 3.74. The molecule has 2 rings (SSSR count). The zero-order chi connectivity index (χ0) is 11.4. The maximum absolute atomic E-state index is 3.52. The van der Waals surface area contributed by atoms with E-state index in [1.54, 1.807) is 0 Å². The standard InChI is InChI=1S/C13H23N3/c1-3-15-10-6-13(7-11-15)12(2)14-16-8-4-5-9-16/h4-5,8-9,12-14H,3,6-7,10-11H2,1-2H3. The van der Waals surface area contributed by atoms with E-state index in [0.717, 1.165) is 5.92 Å². The number of nitrogens with one attached hydrogen (secondary N) is 1. The summed E-state index contributed by atoms with van der Waals surface area (Å²) < 4.78 is 2.07. The summed E-state index contributed by atoms with van der Waals surface area (Å²) in [6, 6.07) is 4.67. The molecule has 1 aromatic heterocycles. The average molecular weight is 221 g/mol. The summed E-state index contributed by atoms with van der Waals surface area (Å²) in [6.07, 6.45) is 6.78. The molecule has 0 bridgehead atoms. The van der Waals surface area contributed by atoms with Crippen molar-refractivity contribution in [3.05, 3.63) is 24.5 Å². The highest BCUT2D eigenvalue weighted by atomic mass is 15.4. The summed E-state index contributed by atoms with van der Waals surface area (Å²) >= 11 is 0. The van der Waals surface area contributed by atoms with Crippen molar-refractivity contribution in [2.45, 2.75) is 32.7 Å². The minimum atomic E-state index is 0.561. The third-order valence-electron chi connectivity index (χ3n) is 3.74. The van der Waals surface area contributed by atoms with Gasteiger partial charge in [-0.25, -0.2) is 0 Å². The lowest BCUT2D eigenvalue weighted by atomic mass is 9.91. The predicted octanol–water partition coefficient (Wildman–Crippen LogP) is 2.15. The van der Waals surface area contributed by atoms with Crippen LogP contribution in [0.25, 0.3) is 0 Å². The molecule has 1 unspecified atom stereocenters. The Bertz CT molecular complexity index is 286. The smallest absolute Gasteiger partial charge is 0.0425 e. The van der Waals surface area contributed by atoms with Crippen LogP contribution in [0.15, 0.2) is 24.5 Å². The van der Waals surface area contributed by atoms with Crippen LogP contribution in [0.2, 0.25) is 0 Å². The van der Waals surface area contributed by atoms with Crippen LogP contribution in [0.3, 0.4) is 0 Å². The van der Waals surface area contributed by atoms with E-state index in [4.69, 9.17) is 0 Å². The molecule has 2 heterocycles. The van der Waals surface area contributed by atoms with Crippen LogP contribution in [0, 0.1) is 5.92 Å². The Morgan fingerprint density at radius 2 is 1.88 bits per heavy atom. The normalized spacial score (nSPS) is 20.9. The fraction of sp³-hybridized carbons (Fsp3) is 0.692. The van der Waals surface area contributed by atoms with Crippen molar-refractivity contribution >= 4 is 0 Å². The fourth-order valence-electron chi connectivity index (χ4n) is 2.53. The number of hydrogen-bond acceptors (Lipinski definition) is 2. The number of hydrogen-bond donors (Lipinski definition) is 1. The molecule has 1 fully saturated rings. The Hall–Kier alpha value is -0.960. The molecule has 0 aromatic carbocycles. The van der Waals surface area contributed by atoms with Crippen molar-refractivity contribution in [3.63, 3.8) is 0 Å². The first-order valence-corrected chi connectivity index (χ1v) is 6.41. The van der Waals surface area contributed by atoms with Crippen LogP contribution < -0.4 is 5.43 Å². The quantitative estimate of drug-likeness (QED) is 0.840. The number of nitrogens with zero attached hydrogens (tertiary/aromatic N) is 2. The topological polar surface area (TPSA) is 20.2 Å². The van der Waals surface area contributed by atoms with E-state index in [2.05, 4.69) is 53.4 Å². The van der Waals surface area contributed by atoms with Crippen LogP contribution >= 0.6 is 0 Å². The highest BCUT2D eigenvalue weighted by Crippen LogP contribution is 2.20. The van der Waals surface area contributed by atoms with Crippen LogP contribution in [0.4, 0.5) is 0 Å². The minimum absolute atomic E-state index is 0.561. The van der Waals surface area contributed by atoms with Gasteiger partial charge in [-0.2, -0.15) is 0 Å². The first-order valence-electron chi connectivity index (χ1n) is 6.41. The van der Waals surface area contributed by atoms with Crippen LogP contribution in [0.1, 0.15) is 26.7 Å². The van der Waals surface area contributed by atoms with E-state index in [9.17, 15) is 0 Å². The largest absolute Gasteiger partial charge is 0.323 e. The molecule has 1 N–H and O–H groups in total. The van der Waals surface area contributed by atoms with Gasteiger partial charge in [0.15, 0.2) is 0 Å². The number of aromatic nitrogens is 1. The molecule has 1 saturated heterocycles. The van der Waals surface area contributed by atoms with Crippen molar-refractivity contribution in [2.75, 3.05) is 25.1 Å². The first-order chi connectivity index (χ1) is 7.79. The van der Waals surface area contributed by atoms with Crippen LogP contribution in [0.5, 0.6) is 0 Å². The van der Waals surface area contributed by atoms with E-state index in [1.165, 1.54) is 32.5 Å². The molecule has 3 nitrogen and oxygen atoms in total. The van der Waals surface area contributed by atoms with Gasteiger partial charge in [0.2, 0.25) is 0 Å². The summed E-state index contributed by atoms with van der Waals surface area (Å²) in [7, 11) is 0. The molecule has 1 atom stereocenters. The number of rotatable bonds is 4. The maximum atomic E-state index is 3.52. The molecule has 0 radical (unpaired) electrons. The summed E-state index contributed by atoms with van der Waals surface area (Å²) in [4.78, 5) is 2.54. The second kappa shape index (κ2) is 5.39. The highest BCUT2D eigenvalue weighted by Gasteiger charge is 2.22. The zero-order valence-electron chi connectivity index (χ0n) is 10.4. The van der Waals surface area contributed by atoms with Gasteiger partial charge in [0.05, 0.1) is 0 Å². The molecule has 90 valence electrons. The lowest BCUT2D eigenvalue weighted by Gasteiger charge is -2.34. The van der Waals surface area contributed by atoms with E-state index in [1.807, 2.05) is 0 Å². The molecular formula is C13H23N3. The lowest BCUT2D eigenvalue weighted by molar-refractivity contribution is 0.180. The fourth-order valence-corrected chi connectivity index (χ4v) is 2.53. The molecule has 0 spiro atoms. The molecular weight excluding hydrogens is 198 g/mol. The summed E-state index contributed by atoms with van der Waals surface area (Å²) in [5, 5.41) is 0. The van der Waals surface area contributed by atoms with Gasteiger partial charge in [-0.1, -0.05) is 6.92 Å². The van der Waals surface area contributed by atoms with Gasteiger partial charge in [-0.3, -0.25) is 4.68 Å². The van der Waals surface area contributed by atoms with E-state index < -0.39 is 0 Å². The second-order valence-corrected chi connectivity index (χ2v) is 4.78. The van der Waals surface area contributed by atoms with Gasteiger partial charge in [-0.05, 0) is 57.5 Å². The average Bonchev–Trinajstić information content (AvgIpc) is 2.82. The van der Waals surface area contributed by atoms with Gasteiger partial charge in [-0.15, -0.1) is 0 Å². The van der Waals surface area contributed by atoms with Crippen molar-refractivity contribution in [1.29, 1.82) is 0 Å². The van der Waals surface area contributed by atoms with Crippen LogP contribution in [-0.4, -0.2) is 35.3 Å². The van der Waals surface area contributed by atoms with Crippen molar-refractivity contribution < 1.29 is 0 Å². The monoisotopic (exact) mass is 221 g/mol. The van der Waals surface area contributed by atoms with E-state index in [-0.39, 0.29) is 0 Å². The Balaban J connectivity index is 1.80. The van der Waals surface area contributed by atoms with Crippen molar-refractivity contribution in [3.8, 4) is 0 Å². The van der Waals surface area contributed by atoms with Gasteiger partial charge in [0.1, 0.15) is 0 Å². The van der Waals surface area contributed by atoms with Gasteiger partial charge in [0.25, 0.3) is 0 Å². The van der Waals surface area contributed by atoms with Gasteiger partial charge < -0.3 is 10.3 Å². The maximum Gasteiger partial charge on any atom is 0.0425 e. The Morgan fingerprint density at radius 1 is 1.25 bits per heavy atom. The molecule has 0 saturated carbocycles. The number of piperidine rings is 1. The molecule has 1 aliphatic rings. The summed E-state index contributed by atoms with van der Waals surface area (Å²) in [6.45, 7) is 8.28.